The highest BCUT2D eigenvalue weighted by molar-refractivity contribution is 7.98. The van der Waals surface area contributed by atoms with Crippen molar-refractivity contribution in [3.8, 4) is 0 Å². The van der Waals surface area contributed by atoms with E-state index in [1.165, 1.54) is 12.8 Å². The van der Waals surface area contributed by atoms with Crippen molar-refractivity contribution in [1.29, 1.82) is 0 Å². The topological polar surface area (TPSA) is 59.8 Å². The van der Waals surface area contributed by atoms with Gasteiger partial charge >= 0.3 is 0 Å². The molecule has 1 aromatic heterocycles. The molecule has 26 heavy (non-hydrogen) atoms. The molecular weight excluding hydrogens is 344 g/mol. The summed E-state index contributed by atoms with van der Waals surface area (Å²) in [4.78, 5) is 12.3. The van der Waals surface area contributed by atoms with Crippen molar-refractivity contribution in [3.63, 3.8) is 0 Å². The number of hydrogen-bond donors (Lipinski definition) is 1. The molecule has 4 rings (SSSR count). The molecule has 0 radical (unpaired) electrons. The van der Waals surface area contributed by atoms with Gasteiger partial charge in [0.05, 0.1) is 0 Å². The summed E-state index contributed by atoms with van der Waals surface area (Å²) in [5.74, 6) is 1.70. The number of carbonyl (C=O) groups is 1. The summed E-state index contributed by atoms with van der Waals surface area (Å²) >= 11 is 1.69. The van der Waals surface area contributed by atoms with Crippen molar-refractivity contribution in [1.82, 2.24) is 14.8 Å². The molecule has 0 atom stereocenters. The van der Waals surface area contributed by atoms with Gasteiger partial charge in [-0.15, -0.1) is 10.2 Å². The van der Waals surface area contributed by atoms with Gasteiger partial charge in [0.2, 0.25) is 0 Å². The minimum Gasteiger partial charge on any atom is -0.322 e. The van der Waals surface area contributed by atoms with E-state index in [0.29, 0.717) is 11.6 Å². The molecule has 0 unspecified atom stereocenters. The number of nitrogens with zero attached hydrogens (tertiary/aromatic N) is 3. The largest absolute Gasteiger partial charge is 0.322 e. The first-order valence-corrected chi connectivity index (χ1v) is 9.69. The van der Waals surface area contributed by atoms with Crippen LogP contribution >= 0.6 is 11.8 Å². The van der Waals surface area contributed by atoms with Crippen LogP contribution in [0.15, 0.2) is 59.8 Å². The first kappa shape index (κ1) is 16.8. The second kappa shape index (κ2) is 7.33. The Morgan fingerprint density at radius 3 is 2.54 bits per heavy atom. The van der Waals surface area contributed by atoms with E-state index in [4.69, 9.17) is 0 Å². The second-order valence-electron chi connectivity index (χ2n) is 6.44. The van der Waals surface area contributed by atoms with Crippen LogP contribution in [-0.2, 0) is 5.75 Å². The highest BCUT2D eigenvalue weighted by Gasteiger charge is 2.28. The Morgan fingerprint density at radius 2 is 1.85 bits per heavy atom. The minimum absolute atomic E-state index is 0.0977. The molecule has 3 aromatic rings. The zero-order chi connectivity index (χ0) is 17.9. The van der Waals surface area contributed by atoms with Gasteiger partial charge in [-0.2, -0.15) is 0 Å². The minimum atomic E-state index is -0.0977. The molecule has 2 aromatic carbocycles. The van der Waals surface area contributed by atoms with Gasteiger partial charge in [-0.25, -0.2) is 0 Å². The maximum absolute atomic E-state index is 12.3. The molecule has 1 aliphatic carbocycles. The van der Waals surface area contributed by atoms with Crippen molar-refractivity contribution in [2.45, 2.75) is 36.7 Å². The van der Waals surface area contributed by atoms with E-state index in [1.807, 2.05) is 61.5 Å². The molecule has 132 valence electrons. The molecule has 0 saturated heterocycles. The number of thioether (sulfide) groups is 1. The monoisotopic (exact) mass is 364 g/mol. The molecule has 1 amide bonds. The fraction of sp³-hybridized carbons (Fsp3) is 0.250. The molecule has 0 aliphatic heterocycles. The van der Waals surface area contributed by atoms with Crippen molar-refractivity contribution < 1.29 is 4.79 Å². The number of amides is 1. The molecule has 1 saturated carbocycles. The standard InChI is InChI=1S/C20H20N4OS/c1-14-22-23-20(24(14)18-11-12-18)26-13-15-7-9-16(10-8-15)19(25)21-17-5-3-2-4-6-17/h2-10,18H,11-13H2,1H3,(H,21,25). The Morgan fingerprint density at radius 1 is 1.12 bits per heavy atom. The molecule has 0 bridgehead atoms. The highest BCUT2D eigenvalue weighted by Crippen LogP contribution is 2.39. The molecule has 1 N–H and O–H groups in total. The van der Waals surface area contributed by atoms with Gasteiger partial charge in [0.15, 0.2) is 5.16 Å². The van der Waals surface area contributed by atoms with Gasteiger partial charge in [-0.3, -0.25) is 4.79 Å². The van der Waals surface area contributed by atoms with Crippen LogP contribution in [0.4, 0.5) is 5.69 Å². The van der Waals surface area contributed by atoms with E-state index >= 15 is 0 Å². The summed E-state index contributed by atoms with van der Waals surface area (Å²) < 4.78 is 2.24. The molecule has 6 heteroatoms. The summed E-state index contributed by atoms with van der Waals surface area (Å²) in [6, 6.07) is 17.8. The number of anilines is 1. The van der Waals surface area contributed by atoms with Crippen LogP contribution in [0.3, 0.4) is 0 Å². The lowest BCUT2D eigenvalue weighted by molar-refractivity contribution is 0.102. The number of para-hydroxylation sites is 1. The molecule has 1 fully saturated rings. The maximum atomic E-state index is 12.3. The molecule has 1 aliphatic rings. The zero-order valence-corrected chi connectivity index (χ0v) is 15.4. The number of aromatic nitrogens is 3. The van der Waals surface area contributed by atoms with Crippen LogP contribution in [0.5, 0.6) is 0 Å². The van der Waals surface area contributed by atoms with Crippen molar-refractivity contribution in [2.75, 3.05) is 5.32 Å². The summed E-state index contributed by atoms with van der Waals surface area (Å²) in [7, 11) is 0. The van der Waals surface area contributed by atoms with Crippen LogP contribution in [0, 0.1) is 6.92 Å². The number of nitrogens with one attached hydrogen (secondary N) is 1. The first-order valence-electron chi connectivity index (χ1n) is 8.70. The summed E-state index contributed by atoms with van der Waals surface area (Å²) in [6.07, 6.45) is 2.44. The van der Waals surface area contributed by atoms with Crippen LogP contribution in [0.2, 0.25) is 0 Å². The summed E-state index contributed by atoms with van der Waals surface area (Å²) in [6.45, 7) is 2.01. The number of rotatable bonds is 6. The van der Waals surface area contributed by atoms with Crippen molar-refractivity contribution in [3.05, 3.63) is 71.5 Å². The highest BCUT2D eigenvalue weighted by atomic mass is 32.2. The molecule has 1 heterocycles. The third-order valence-corrected chi connectivity index (χ3v) is 5.38. The molecular formula is C20H20N4OS. The molecule has 0 spiro atoms. The van der Waals surface area contributed by atoms with Gasteiger partial charge in [0, 0.05) is 23.0 Å². The quantitative estimate of drug-likeness (QED) is 0.656. The van der Waals surface area contributed by atoms with E-state index in [2.05, 4.69) is 20.1 Å². The summed E-state index contributed by atoms with van der Waals surface area (Å²) in [5.41, 5.74) is 2.61. The van der Waals surface area contributed by atoms with Crippen LogP contribution in [0.25, 0.3) is 0 Å². The zero-order valence-electron chi connectivity index (χ0n) is 14.6. The second-order valence-corrected chi connectivity index (χ2v) is 7.38. The molecule has 5 nitrogen and oxygen atoms in total. The number of hydrogen-bond acceptors (Lipinski definition) is 4. The Kier molecular flexibility index (Phi) is 4.75. The maximum Gasteiger partial charge on any atom is 0.255 e. The van der Waals surface area contributed by atoms with Gasteiger partial charge in [0.25, 0.3) is 5.91 Å². The Labute approximate surface area is 156 Å². The third-order valence-electron chi connectivity index (χ3n) is 4.36. The van der Waals surface area contributed by atoms with Gasteiger partial charge in [0.1, 0.15) is 5.82 Å². The van der Waals surface area contributed by atoms with E-state index in [0.717, 1.165) is 28.0 Å². The van der Waals surface area contributed by atoms with E-state index in [1.54, 1.807) is 11.8 Å². The average Bonchev–Trinajstić information content (AvgIpc) is 3.43. The fourth-order valence-electron chi connectivity index (χ4n) is 2.83. The number of carbonyl (C=O) groups excluding carboxylic acids is 1. The van der Waals surface area contributed by atoms with Crippen LogP contribution < -0.4 is 5.32 Å². The predicted octanol–water partition coefficient (Wildman–Crippen LogP) is 4.47. The average molecular weight is 364 g/mol. The Bertz CT molecular complexity index is 901. The summed E-state index contributed by atoms with van der Waals surface area (Å²) in [5, 5.41) is 12.4. The van der Waals surface area contributed by atoms with E-state index in [9.17, 15) is 4.79 Å². The van der Waals surface area contributed by atoms with Crippen molar-refractivity contribution in [2.24, 2.45) is 0 Å². The van der Waals surface area contributed by atoms with E-state index < -0.39 is 0 Å². The third kappa shape index (κ3) is 3.80. The predicted molar refractivity (Wildman–Crippen MR) is 103 cm³/mol. The van der Waals surface area contributed by atoms with Gasteiger partial charge in [-0.1, -0.05) is 42.1 Å². The lowest BCUT2D eigenvalue weighted by Crippen LogP contribution is -2.11. The van der Waals surface area contributed by atoms with Crippen LogP contribution in [-0.4, -0.2) is 20.7 Å². The Hall–Kier alpha value is -2.60. The van der Waals surface area contributed by atoms with Gasteiger partial charge in [-0.05, 0) is 49.6 Å². The Balaban J connectivity index is 1.38. The fourth-order valence-corrected chi connectivity index (χ4v) is 3.83. The first-order chi connectivity index (χ1) is 12.7. The lowest BCUT2D eigenvalue weighted by Gasteiger charge is -2.07. The van der Waals surface area contributed by atoms with Crippen molar-refractivity contribution >= 4 is 23.4 Å². The van der Waals surface area contributed by atoms with Gasteiger partial charge < -0.3 is 9.88 Å². The number of benzene rings is 2. The lowest BCUT2D eigenvalue weighted by atomic mass is 10.1. The van der Waals surface area contributed by atoms with Crippen LogP contribution in [0.1, 0.15) is 40.6 Å². The number of aryl methyl sites for hydroxylation is 1. The SMILES string of the molecule is Cc1nnc(SCc2ccc(C(=O)Nc3ccccc3)cc2)n1C1CC1. The normalized spacial score (nSPS) is 13.6. The smallest absolute Gasteiger partial charge is 0.255 e. The van der Waals surface area contributed by atoms with E-state index in [-0.39, 0.29) is 5.91 Å².